The summed E-state index contributed by atoms with van der Waals surface area (Å²) in [5.41, 5.74) is 3.76. The van der Waals surface area contributed by atoms with Crippen LogP contribution in [-0.4, -0.2) is 23.2 Å². The molecule has 0 amide bonds. The molecule has 2 heterocycles. The van der Waals surface area contributed by atoms with Crippen LogP contribution in [0.3, 0.4) is 0 Å². The van der Waals surface area contributed by atoms with Crippen LogP contribution in [0.1, 0.15) is 24.0 Å². The number of nitrogens with one attached hydrogen (secondary N) is 1. The Bertz CT molecular complexity index is 325. The molecule has 0 saturated carbocycles. The number of nitrogens with zero attached hydrogens (tertiary/aromatic N) is 2. The fourth-order valence-electron chi connectivity index (χ4n) is 1.93. The molecular weight excluding hydrogens is 192 g/mol. The molecule has 0 bridgehead atoms. The van der Waals surface area contributed by atoms with Gasteiger partial charge in [0.25, 0.3) is 0 Å². The van der Waals surface area contributed by atoms with Gasteiger partial charge in [0.2, 0.25) is 0 Å². The second kappa shape index (κ2) is 4.65. The number of aryl methyl sites for hydroxylation is 1. The molecule has 2 atom stereocenters. The Morgan fingerprint density at radius 1 is 1.67 bits per heavy atom. The second-order valence-corrected chi connectivity index (χ2v) is 3.80. The van der Waals surface area contributed by atoms with Crippen molar-refractivity contribution >= 4 is 0 Å². The van der Waals surface area contributed by atoms with Crippen LogP contribution in [0.15, 0.2) is 12.3 Å². The maximum atomic E-state index is 5.57. The quantitative estimate of drug-likeness (QED) is 0.553. The summed E-state index contributed by atoms with van der Waals surface area (Å²) in [5, 5.41) is 0. The third-order valence-electron chi connectivity index (χ3n) is 2.73. The standard InChI is InChI=1S/C10H16N4O/c1-7-12-4-2-9(13-7)10(14-11)8-3-5-15-6-8/h2,4,8,10,14H,3,5-6,11H2,1H3. The molecule has 15 heavy (non-hydrogen) atoms. The first kappa shape index (κ1) is 10.5. The lowest BCUT2D eigenvalue weighted by molar-refractivity contribution is 0.176. The molecule has 1 aromatic rings. The van der Waals surface area contributed by atoms with Crippen molar-refractivity contribution in [2.75, 3.05) is 13.2 Å². The first-order valence-electron chi connectivity index (χ1n) is 5.14. The van der Waals surface area contributed by atoms with Gasteiger partial charge in [0, 0.05) is 18.7 Å². The van der Waals surface area contributed by atoms with Gasteiger partial charge in [-0.25, -0.2) is 9.97 Å². The van der Waals surface area contributed by atoms with Crippen LogP contribution in [0.4, 0.5) is 0 Å². The zero-order valence-corrected chi connectivity index (χ0v) is 8.81. The molecule has 1 saturated heterocycles. The molecule has 82 valence electrons. The van der Waals surface area contributed by atoms with Crippen LogP contribution >= 0.6 is 0 Å². The van der Waals surface area contributed by atoms with E-state index in [1.807, 2.05) is 13.0 Å². The average Bonchev–Trinajstić information content (AvgIpc) is 2.72. The molecule has 0 radical (unpaired) electrons. The van der Waals surface area contributed by atoms with Crippen LogP contribution in [0.2, 0.25) is 0 Å². The molecule has 5 nitrogen and oxygen atoms in total. The SMILES string of the molecule is Cc1nccc(C(NN)C2CCOC2)n1. The van der Waals surface area contributed by atoms with E-state index in [1.165, 1.54) is 0 Å². The van der Waals surface area contributed by atoms with Gasteiger partial charge in [-0.2, -0.15) is 0 Å². The summed E-state index contributed by atoms with van der Waals surface area (Å²) < 4.78 is 5.35. The average molecular weight is 208 g/mol. The summed E-state index contributed by atoms with van der Waals surface area (Å²) in [7, 11) is 0. The topological polar surface area (TPSA) is 73.1 Å². The first-order valence-corrected chi connectivity index (χ1v) is 5.14. The fraction of sp³-hybridized carbons (Fsp3) is 0.600. The zero-order chi connectivity index (χ0) is 10.7. The third kappa shape index (κ3) is 2.31. The van der Waals surface area contributed by atoms with Crippen molar-refractivity contribution in [2.24, 2.45) is 11.8 Å². The van der Waals surface area contributed by atoms with E-state index in [1.54, 1.807) is 6.20 Å². The molecule has 0 spiro atoms. The molecule has 0 aromatic carbocycles. The third-order valence-corrected chi connectivity index (χ3v) is 2.73. The predicted molar refractivity (Wildman–Crippen MR) is 55.8 cm³/mol. The van der Waals surface area contributed by atoms with Crippen molar-refractivity contribution in [2.45, 2.75) is 19.4 Å². The van der Waals surface area contributed by atoms with Gasteiger partial charge in [-0.1, -0.05) is 0 Å². The number of hydrazine groups is 1. The zero-order valence-electron chi connectivity index (χ0n) is 8.81. The largest absolute Gasteiger partial charge is 0.381 e. The Hall–Kier alpha value is -1.04. The van der Waals surface area contributed by atoms with E-state index in [4.69, 9.17) is 10.6 Å². The van der Waals surface area contributed by atoms with Gasteiger partial charge in [0.05, 0.1) is 18.3 Å². The molecular formula is C10H16N4O. The van der Waals surface area contributed by atoms with Crippen LogP contribution in [0, 0.1) is 12.8 Å². The van der Waals surface area contributed by atoms with Crippen molar-refractivity contribution < 1.29 is 4.74 Å². The maximum Gasteiger partial charge on any atom is 0.125 e. The summed E-state index contributed by atoms with van der Waals surface area (Å²) in [5.74, 6) is 6.75. The molecule has 1 aromatic heterocycles. The lowest BCUT2D eigenvalue weighted by atomic mass is 9.96. The van der Waals surface area contributed by atoms with E-state index < -0.39 is 0 Å². The van der Waals surface area contributed by atoms with Gasteiger partial charge >= 0.3 is 0 Å². The van der Waals surface area contributed by atoms with Gasteiger partial charge in [-0.3, -0.25) is 11.3 Å². The molecule has 1 aliphatic heterocycles. The van der Waals surface area contributed by atoms with Crippen molar-refractivity contribution in [3.63, 3.8) is 0 Å². The number of hydrogen-bond donors (Lipinski definition) is 2. The lowest BCUT2D eigenvalue weighted by Gasteiger charge is -2.20. The molecule has 1 fully saturated rings. The second-order valence-electron chi connectivity index (χ2n) is 3.80. The van der Waals surface area contributed by atoms with E-state index in [9.17, 15) is 0 Å². The number of ether oxygens (including phenoxy) is 1. The minimum absolute atomic E-state index is 0.0641. The van der Waals surface area contributed by atoms with Gasteiger partial charge in [0.1, 0.15) is 5.82 Å². The van der Waals surface area contributed by atoms with Gasteiger partial charge in [-0.15, -0.1) is 0 Å². The van der Waals surface area contributed by atoms with Crippen LogP contribution in [0.25, 0.3) is 0 Å². The predicted octanol–water partition coefficient (Wildman–Crippen LogP) is 0.326. The number of hydrogen-bond acceptors (Lipinski definition) is 5. The number of rotatable bonds is 3. The van der Waals surface area contributed by atoms with E-state index in [-0.39, 0.29) is 6.04 Å². The van der Waals surface area contributed by atoms with E-state index in [0.29, 0.717) is 5.92 Å². The van der Waals surface area contributed by atoms with Crippen molar-refractivity contribution in [1.82, 2.24) is 15.4 Å². The number of nitrogens with two attached hydrogens (primary N) is 1. The van der Waals surface area contributed by atoms with Gasteiger partial charge in [-0.05, 0) is 19.4 Å². The minimum Gasteiger partial charge on any atom is -0.381 e. The smallest absolute Gasteiger partial charge is 0.125 e. The summed E-state index contributed by atoms with van der Waals surface area (Å²) in [6.07, 6.45) is 2.79. The number of aromatic nitrogens is 2. The van der Waals surface area contributed by atoms with E-state index in [0.717, 1.165) is 31.2 Å². The van der Waals surface area contributed by atoms with E-state index in [2.05, 4.69) is 15.4 Å². The van der Waals surface area contributed by atoms with Crippen molar-refractivity contribution in [3.8, 4) is 0 Å². The highest BCUT2D eigenvalue weighted by molar-refractivity contribution is 5.09. The molecule has 2 unspecified atom stereocenters. The summed E-state index contributed by atoms with van der Waals surface area (Å²) in [6, 6.07) is 1.96. The molecule has 2 rings (SSSR count). The van der Waals surface area contributed by atoms with Crippen LogP contribution in [0.5, 0.6) is 0 Å². The highest BCUT2D eigenvalue weighted by Crippen LogP contribution is 2.26. The summed E-state index contributed by atoms with van der Waals surface area (Å²) in [4.78, 5) is 8.45. The minimum atomic E-state index is 0.0641. The Morgan fingerprint density at radius 3 is 3.13 bits per heavy atom. The van der Waals surface area contributed by atoms with Crippen LogP contribution in [-0.2, 0) is 4.74 Å². The molecule has 1 aliphatic rings. The summed E-state index contributed by atoms with van der Waals surface area (Å²) in [6.45, 7) is 3.44. The highest BCUT2D eigenvalue weighted by Gasteiger charge is 2.27. The highest BCUT2D eigenvalue weighted by atomic mass is 16.5. The van der Waals surface area contributed by atoms with Crippen molar-refractivity contribution in [3.05, 3.63) is 23.8 Å². The Balaban J connectivity index is 2.18. The monoisotopic (exact) mass is 208 g/mol. The Labute approximate surface area is 89.0 Å². The Kier molecular flexibility index (Phi) is 3.25. The summed E-state index contributed by atoms with van der Waals surface area (Å²) >= 11 is 0. The Morgan fingerprint density at radius 2 is 2.53 bits per heavy atom. The van der Waals surface area contributed by atoms with Gasteiger partial charge < -0.3 is 4.74 Å². The maximum absolute atomic E-state index is 5.57. The van der Waals surface area contributed by atoms with Gasteiger partial charge in [0.15, 0.2) is 0 Å². The van der Waals surface area contributed by atoms with E-state index >= 15 is 0 Å². The molecule has 3 N–H and O–H groups in total. The van der Waals surface area contributed by atoms with Crippen LogP contribution < -0.4 is 11.3 Å². The molecule has 0 aliphatic carbocycles. The molecule has 5 heteroatoms. The lowest BCUT2D eigenvalue weighted by Crippen LogP contribution is -2.34. The normalized spacial score (nSPS) is 22.9. The van der Waals surface area contributed by atoms with Crippen molar-refractivity contribution in [1.29, 1.82) is 0 Å². The first-order chi connectivity index (χ1) is 7.31. The fourth-order valence-corrected chi connectivity index (χ4v) is 1.93.